The van der Waals surface area contributed by atoms with Gasteiger partial charge in [-0.05, 0) is 56.5 Å². The fourth-order valence-electron chi connectivity index (χ4n) is 4.59. The zero-order chi connectivity index (χ0) is 30.9. The van der Waals surface area contributed by atoms with Crippen LogP contribution < -0.4 is 19.1 Å². The third kappa shape index (κ3) is 7.82. The first-order valence-corrected chi connectivity index (χ1v) is 15.4. The van der Waals surface area contributed by atoms with Gasteiger partial charge in [0.15, 0.2) is 0 Å². The van der Waals surface area contributed by atoms with Crippen LogP contribution in [0.1, 0.15) is 44.7 Å². The van der Waals surface area contributed by atoms with Crippen molar-refractivity contribution in [1.82, 2.24) is 10.2 Å². The zero-order valence-corrected chi connectivity index (χ0v) is 26.0. The molecule has 2 amide bonds. The summed E-state index contributed by atoms with van der Waals surface area (Å²) >= 11 is 0. The van der Waals surface area contributed by atoms with Crippen molar-refractivity contribution in [1.29, 1.82) is 0 Å². The minimum Gasteiger partial charge on any atom is -0.497 e. The summed E-state index contributed by atoms with van der Waals surface area (Å²) in [5.74, 6) is -0.186. The van der Waals surface area contributed by atoms with Crippen molar-refractivity contribution in [2.24, 2.45) is 0 Å². The quantitative estimate of drug-likeness (QED) is 0.283. The lowest BCUT2D eigenvalue weighted by molar-refractivity contribution is -0.140. The van der Waals surface area contributed by atoms with Crippen LogP contribution in [0.2, 0.25) is 0 Å². The molecule has 9 nitrogen and oxygen atoms in total. The molecule has 0 spiro atoms. The molecular weight excluding hydrogens is 554 g/mol. The van der Waals surface area contributed by atoms with Crippen LogP contribution in [0.25, 0.3) is 0 Å². The normalized spacial score (nSPS) is 12.6. The average Bonchev–Trinajstić information content (AvgIpc) is 2.99. The van der Waals surface area contributed by atoms with Gasteiger partial charge in [-0.1, -0.05) is 61.9 Å². The molecule has 3 rings (SSSR count). The molecule has 0 aliphatic rings. The van der Waals surface area contributed by atoms with Crippen molar-refractivity contribution in [2.45, 2.75) is 64.1 Å². The predicted molar refractivity (Wildman–Crippen MR) is 164 cm³/mol. The standard InChI is InChI=1S/C32H41N3O6S/c1-7-24(4)33-32(37)28(8-2)34(21-25-14-12-13-23(3)19-25)31(36)22-35(42(38,39)27-15-10-9-11-16-27)29-20-26(40-5)17-18-30(29)41-6/h9-20,24,28H,7-8,21-22H2,1-6H3,(H,33,37)/t24-,28-/m0/s1. The van der Waals surface area contributed by atoms with E-state index in [2.05, 4.69) is 5.32 Å². The smallest absolute Gasteiger partial charge is 0.264 e. The number of methoxy groups -OCH3 is 2. The van der Waals surface area contributed by atoms with Crippen LogP contribution in [-0.4, -0.2) is 58.0 Å². The van der Waals surface area contributed by atoms with E-state index in [0.717, 1.165) is 21.9 Å². The molecule has 42 heavy (non-hydrogen) atoms. The molecule has 3 aromatic rings. The lowest BCUT2D eigenvalue weighted by Crippen LogP contribution is -2.53. The van der Waals surface area contributed by atoms with Gasteiger partial charge < -0.3 is 19.7 Å². The third-order valence-corrected chi connectivity index (χ3v) is 8.86. The number of carbonyl (C=O) groups is 2. The summed E-state index contributed by atoms with van der Waals surface area (Å²) in [6.45, 7) is 7.21. The molecular formula is C32H41N3O6S. The number of carbonyl (C=O) groups excluding carboxylic acids is 2. The van der Waals surface area contributed by atoms with Gasteiger partial charge in [-0.3, -0.25) is 13.9 Å². The molecule has 0 aliphatic heterocycles. The number of hydrogen-bond acceptors (Lipinski definition) is 6. The van der Waals surface area contributed by atoms with E-state index in [0.29, 0.717) is 12.2 Å². The molecule has 1 N–H and O–H groups in total. The SMILES string of the molecule is CC[C@H](C)NC(=O)[C@H](CC)N(Cc1cccc(C)c1)C(=O)CN(c1cc(OC)ccc1OC)S(=O)(=O)c1ccccc1. The topological polar surface area (TPSA) is 105 Å². The number of rotatable bonds is 14. The maximum atomic E-state index is 14.3. The van der Waals surface area contributed by atoms with Crippen molar-refractivity contribution in [3.8, 4) is 11.5 Å². The Labute approximate surface area is 249 Å². The average molecular weight is 596 g/mol. The van der Waals surface area contributed by atoms with Crippen molar-refractivity contribution in [3.63, 3.8) is 0 Å². The highest BCUT2D eigenvalue weighted by Crippen LogP contribution is 2.36. The zero-order valence-electron chi connectivity index (χ0n) is 25.2. The molecule has 0 radical (unpaired) electrons. The van der Waals surface area contributed by atoms with Crippen LogP contribution in [0.5, 0.6) is 11.5 Å². The van der Waals surface area contributed by atoms with E-state index in [1.54, 1.807) is 30.3 Å². The summed E-state index contributed by atoms with van der Waals surface area (Å²) in [7, 11) is -1.35. The molecule has 0 bridgehead atoms. The third-order valence-electron chi connectivity index (χ3n) is 7.09. The molecule has 226 valence electrons. The van der Waals surface area contributed by atoms with Crippen LogP contribution >= 0.6 is 0 Å². The van der Waals surface area contributed by atoms with E-state index >= 15 is 0 Å². The van der Waals surface area contributed by atoms with Gasteiger partial charge in [0.2, 0.25) is 11.8 Å². The molecule has 3 aromatic carbocycles. The highest BCUT2D eigenvalue weighted by molar-refractivity contribution is 7.92. The first-order valence-electron chi connectivity index (χ1n) is 14.0. The molecule has 0 saturated carbocycles. The number of hydrogen-bond donors (Lipinski definition) is 1. The van der Waals surface area contributed by atoms with Crippen LogP contribution in [0.4, 0.5) is 5.69 Å². The molecule has 2 atom stereocenters. The fourth-order valence-corrected chi connectivity index (χ4v) is 6.03. The monoisotopic (exact) mass is 595 g/mol. The summed E-state index contributed by atoms with van der Waals surface area (Å²) < 4.78 is 40.1. The van der Waals surface area contributed by atoms with E-state index in [-0.39, 0.29) is 34.8 Å². The highest BCUT2D eigenvalue weighted by atomic mass is 32.2. The second-order valence-corrected chi connectivity index (χ2v) is 12.0. The summed E-state index contributed by atoms with van der Waals surface area (Å²) in [5.41, 5.74) is 1.97. The number of amides is 2. The predicted octanol–water partition coefficient (Wildman–Crippen LogP) is 4.93. The number of aryl methyl sites for hydroxylation is 1. The fraction of sp³-hybridized carbons (Fsp3) is 0.375. The van der Waals surface area contributed by atoms with Gasteiger partial charge in [0.1, 0.15) is 24.1 Å². The first-order chi connectivity index (χ1) is 20.0. The van der Waals surface area contributed by atoms with Crippen molar-refractivity contribution < 1.29 is 27.5 Å². The molecule has 0 fully saturated rings. The summed E-state index contributed by atoms with van der Waals surface area (Å²) in [6, 6.07) is 19.4. The molecule has 0 aromatic heterocycles. The van der Waals surface area contributed by atoms with Crippen molar-refractivity contribution in [2.75, 3.05) is 25.1 Å². The largest absolute Gasteiger partial charge is 0.497 e. The van der Waals surface area contributed by atoms with E-state index < -0.39 is 28.5 Å². The number of nitrogens with zero attached hydrogens (tertiary/aromatic N) is 2. The number of benzene rings is 3. The Morgan fingerprint density at radius 2 is 1.62 bits per heavy atom. The molecule has 0 saturated heterocycles. The van der Waals surface area contributed by atoms with Gasteiger partial charge in [-0.15, -0.1) is 0 Å². The molecule has 10 heteroatoms. The Balaban J connectivity index is 2.14. The van der Waals surface area contributed by atoms with E-state index in [1.165, 1.54) is 37.3 Å². The first kappa shape index (κ1) is 32.5. The second kappa shape index (κ2) is 14.7. The Bertz CT molecular complexity index is 1460. The van der Waals surface area contributed by atoms with Gasteiger partial charge in [-0.25, -0.2) is 8.42 Å². The second-order valence-electron chi connectivity index (χ2n) is 10.1. The minimum absolute atomic E-state index is 0.00876. The van der Waals surface area contributed by atoms with E-state index in [9.17, 15) is 18.0 Å². The maximum Gasteiger partial charge on any atom is 0.264 e. The molecule has 0 aliphatic carbocycles. The molecule has 0 heterocycles. The van der Waals surface area contributed by atoms with Gasteiger partial charge in [0.05, 0.1) is 24.8 Å². The summed E-state index contributed by atoms with van der Waals surface area (Å²) in [4.78, 5) is 29.2. The van der Waals surface area contributed by atoms with Crippen LogP contribution in [0, 0.1) is 6.92 Å². The van der Waals surface area contributed by atoms with Crippen LogP contribution in [-0.2, 0) is 26.2 Å². The lowest BCUT2D eigenvalue weighted by atomic mass is 10.1. The highest BCUT2D eigenvalue weighted by Gasteiger charge is 2.35. The summed E-state index contributed by atoms with van der Waals surface area (Å²) in [6.07, 6.45) is 1.07. The van der Waals surface area contributed by atoms with Crippen molar-refractivity contribution >= 4 is 27.5 Å². The minimum atomic E-state index is -4.25. The van der Waals surface area contributed by atoms with Gasteiger partial charge >= 0.3 is 0 Å². The lowest BCUT2D eigenvalue weighted by Gasteiger charge is -2.34. The van der Waals surface area contributed by atoms with Gasteiger partial charge in [0, 0.05) is 18.7 Å². The van der Waals surface area contributed by atoms with E-state index in [4.69, 9.17) is 9.47 Å². The summed E-state index contributed by atoms with van der Waals surface area (Å²) in [5, 5.41) is 2.99. The number of anilines is 1. The van der Waals surface area contributed by atoms with Crippen LogP contribution in [0.15, 0.2) is 77.7 Å². The Morgan fingerprint density at radius 3 is 2.21 bits per heavy atom. The van der Waals surface area contributed by atoms with Crippen molar-refractivity contribution in [3.05, 3.63) is 83.9 Å². The number of nitrogens with one attached hydrogen (secondary N) is 1. The Morgan fingerprint density at radius 1 is 0.905 bits per heavy atom. The Hall–Kier alpha value is -4.05. The van der Waals surface area contributed by atoms with E-state index in [1.807, 2.05) is 52.0 Å². The Kier molecular flexibility index (Phi) is 11.4. The maximum absolute atomic E-state index is 14.3. The molecule has 0 unspecified atom stereocenters. The van der Waals surface area contributed by atoms with Gasteiger partial charge in [-0.2, -0.15) is 0 Å². The number of sulfonamides is 1. The number of ether oxygens (including phenoxy) is 2. The van der Waals surface area contributed by atoms with Crippen LogP contribution in [0.3, 0.4) is 0 Å². The van der Waals surface area contributed by atoms with Gasteiger partial charge in [0.25, 0.3) is 10.0 Å².